The second-order valence-electron chi connectivity index (χ2n) is 4.70. The van der Waals surface area contributed by atoms with Gasteiger partial charge in [0.2, 0.25) is 0 Å². The maximum absolute atomic E-state index is 10.7. The van der Waals surface area contributed by atoms with E-state index in [9.17, 15) is 4.79 Å². The molecule has 1 atom stereocenters. The highest BCUT2D eigenvalue weighted by atomic mass is 16.5. The zero-order chi connectivity index (χ0) is 10.5. The number of hydrogen-bond acceptors (Lipinski definition) is 2. The molecule has 0 saturated carbocycles. The molecule has 0 rings (SSSR count). The summed E-state index contributed by atoms with van der Waals surface area (Å²) in [7, 11) is 0. The standard InChI is InChI=1S/C11H20O2/c1-6-10(12)13-8-9(2)7-11(3,4)5/h6,9H,1,7-8H2,2-5H3. The van der Waals surface area contributed by atoms with Crippen LogP contribution >= 0.6 is 0 Å². The lowest BCUT2D eigenvalue weighted by molar-refractivity contribution is -0.139. The minimum absolute atomic E-state index is 0.292. The summed E-state index contributed by atoms with van der Waals surface area (Å²) in [4.78, 5) is 10.7. The molecule has 0 N–H and O–H groups in total. The quantitative estimate of drug-likeness (QED) is 0.496. The smallest absolute Gasteiger partial charge is 0.330 e. The molecule has 0 spiro atoms. The Bertz CT molecular complexity index is 177. The fourth-order valence-electron chi connectivity index (χ4n) is 1.39. The van der Waals surface area contributed by atoms with Crippen LogP contribution in [0.5, 0.6) is 0 Å². The minimum Gasteiger partial charge on any atom is -0.462 e. The van der Waals surface area contributed by atoms with Crippen LogP contribution in [0.1, 0.15) is 34.1 Å². The first kappa shape index (κ1) is 12.2. The number of carbonyl (C=O) groups excluding carboxylic acids is 1. The Morgan fingerprint density at radius 3 is 2.46 bits per heavy atom. The number of carbonyl (C=O) groups is 1. The van der Waals surface area contributed by atoms with Gasteiger partial charge >= 0.3 is 5.97 Å². The van der Waals surface area contributed by atoms with E-state index < -0.39 is 0 Å². The van der Waals surface area contributed by atoms with Gasteiger partial charge in [-0.1, -0.05) is 34.3 Å². The van der Waals surface area contributed by atoms with E-state index >= 15 is 0 Å². The van der Waals surface area contributed by atoms with Gasteiger partial charge in [-0.25, -0.2) is 4.79 Å². The van der Waals surface area contributed by atoms with Crippen LogP contribution in [-0.4, -0.2) is 12.6 Å². The first-order valence-electron chi connectivity index (χ1n) is 4.64. The van der Waals surface area contributed by atoms with Gasteiger partial charge in [0.1, 0.15) is 0 Å². The van der Waals surface area contributed by atoms with Gasteiger partial charge in [0, 0.05) is 6.08 Å². The van der Waals surface area contributed by atoms with Gasteiger partial charge in [-0.15, -0.1) is 0 Å². The maximum atomic E-state index is 10.7. The zero-order valence-electron chi connectivity index (χ0n) is 9.09. The summed E-state index contributed by atoms with van der Waals surface area (Å²) in [5.74, 6) is 0.0738. The molecule has 0 aliphatic carbocycles. The largest absolute Gasteiger partial charge is 0.462 e. The first-order chi connectivity index (χ1) is 5.85. The van der Waals surface area contributed by atoms with Crippen molar-refractivity contribution in [2.24, 2.45) is 11.3 Å². The van der Waals surface area contributed by atoms with E-state index in [0.717, 1.165) is 6.42 Å². The van der Waals surface area contributed by atoms with Crippen molar-refractivity contribution >= 4 is 5.97 Å². The van der Waals surface area contributed by atoms with Gasteiger partial charge < -0.3 is 4.74 Å². The maximum Gasteiger partial charge on any atom is 0.330 e. The van der Waals surface area contributed by atoms with Crippen LogP contribution in [-0.2, 0) is 9.53 Å². The van der Waals surface area contributed by atoms with Crippen molar-refractivity contribution in [3.8, 4) is 0 Å². The average molecular weight is 184 g/mol. The molecule has 0 aromatic carbocycles. The third kappa shape index (κ3) is 7.57. The summed E-state index contributed by atoms with van der Waals surface area (Å²) in [6, 6.07) is 0. The van der Waals surface area contributed by atoms with Crippen LogP contribution in [0.3, 0.4) is 0 Å². The highest BCUT2D eigenvalue weighted by molar-refractivity contribution is 5.81. The fourth-order valence-corrected chi connectivity index (χ4v) is 1.39. The van der Waals surface area contributed by atoms with E-state index in [4.69, 9.17) is 4.74 Å². The SMILES string of the molecule is C=CC(=O)OCC(C)CC(C)(C)C. The molecule has 0 aliphatic heterocycles. The van der Waals surface area contributed by atoms with E-state index in [2.05, 4.69) is 34.3 Å². The van der Waals surface area contributed by atoms with Crippen molar-refractivity contribution in [1.82, 2.24) is 0 Å². The average Bonchev–Trinajstić information content (AvgIpc) is 1.97. The van der Waals surface area contributed by atoms with Gasteiger partial charge in [-0.05, 0) is 17.8 Å². The lowest BCUT2D eigenvalue weighted by atomic mass is 9.86. The fraction of sp³-hybridized carbons (Fsp3) is 0.727. The molecule has 0 aromatic heterocycles. The zero-order valence-corrected chi connectivity index (χ0v) is 9.09. The minimum atomic E-state index is -0.333. The van der Waals surface area contributed by atoms with Crippen molar-refractivity contribution in [2.45, 2.75) is 34.1 Å². The molecule has 1 unspecified atom stereocenters. The number of hydrogen-bond donors (Lipinski definition) is 0. The Balaban J connectivity index is 3.69. The van der Waals surface area contributed by atoms with E-state index in [1.54, 1.807) is 0 Å². The van der Waals surface area contributed by atoms with Crippen molar-refractivity contribution in [3.63, 3.8) is 0 Å². The molecular formula is C11H20O2. The van der Waals surface area contributed by atoms with Crippen molar-refractivity contribution < 1.29 is 9.53 Å². The molecule has 0 saturated heterocycles. The lowest BCUT2D eigenvalue weighted by Crippen LogP contribution is -2.16. The van der Waals surface area contributed by atoms with Crippen LogP contribution in [0.2, 0.25) is 0 Å². The Labute approximate surface area is 81.0 Å². The summed E-state index contributed by atoms with van der Waals surface area (Å²) in [5.41, 5.74) is 0.292. The number of rotatable bonds is 4. The molecular weight excluding hydrogens is 164 g/mol. The molecule has 76 valence electrons. The molecule has 13 heavy (non-hydrogen) atoms. The van der Waals surface area contributed by atoms with Crippen LogP contribution in [0.4, 0.5) is 0 Å². The van der Waals surface area contributed by atoms with Crippen molar-refractivity contribution in [2.75, 3.05) is 6.61 Å². The third-order valence-corrected chi connectivity index (χ3v) is 1.64. The molecule has 0 heterocycles. The molecule has 2 heteroatoms. The second kappa shape index (κ2) is 5.05. The van der Waals surface area contributed by atoms with E-state index in [0.29, 0.717) is 17.9 Å². The number of ether oxygens (including phenoxy) is 1. The summed E-state index contributed by atoms with van der Waals surface area (Å²) in [6.45, 7) is 12.4. The summed E-state index contributed by atoms with van der Waals surface area (Å²) in [6.07, 6.45) is 2.25. The molecule has 0 amide bonds. The normalized spacial score (nSPS) is 13.5. The first-order valence-corrected chi connectivity index (χ1v) is 4.64. The van der Waals surface area contributed by atoms with Crippen LogP contribution in [0, 0.1) is 11.3 Å². The molecule has 0 aromatic rings. The molecule has 0 aliphatic rings. The summed E-state index contributed by atoms with van der Waals surface area (Å²) in [5, 5.41) is 0. The number of esters is 1. The van der Waals surface area contributed by atoms with Crippen LogP contribution in [0.25, 0.3) is 0 Å². The highest BCUT2D eigenvalue weighted by Crippen LogP contribution is 2.24. The van der Waals surface area contributed by atoms with Crippen molar-refractivity contribution in [3.05, 3.63) is 12.7 Å². The second-order valence-corrected chi connectivity index (χ2v) is 4.70. The third-order valence-electron chi connectivity index (χ3n) is 1.64. The van der Waals surface area contributed by atoms with Crippen LogP contribution in [0.15, 0.2) is 12.7 Å². The van der Waals surface area contributed by atoms with Gasteiger partial charge in [-0.2, -0.15) is 0 Å². The van der Waals surface area contributed by atoms with Gasteiger partial charge in [0.05, 0.1) is 6.61 Å². The molecule has 0 bridgehead atoms. The predicted molar refractivity (Wildman–Crippen MR) is 54.4 cm³/mol. The van der Waals surface area contributed by atoms with Gasteiger partial charge in [0.25, 0.3) is 0 Å². The molecule has 0 radical (unpaired) electrons. The van der Waals surface area contributed by atoms with Gasteiger partial charge in [-0.3, -0.25) is 0 Å². The van der Waals surface area contributed by atoms with Crippen LogP contribution < -0.4 is 0 Å². The summed E-state index contributed by atoms with van der Waals surface area (Å²) >= 11 is 0. The van der Waals surface area contributed by atoms with E-state index in [-0.39, 0.29) is 5.97 Å². The molecule has 0 fully saturated rings. The van der Waals surface area contributed by atoms with E-state index in [1.165, 1.54) is 6.08 Å². The Hall–Kier alpha value is -0.790. The monoisotopic (exact) mass is 184 g/mol. The van der Waals surface area contributed by atoms with Gasteiger partial charge in [0.15, 0.2) is 0 Å². The Morgan fingerprint density at radius 2 is 2.08 bits per heavy atom. The van der Waals surface area contributed by atoms with Crippen molar-refractivity contribution in [1.29, 1.82) is 0 Å². The predicted octanol–water partition coefficient (Wildman–Crippen LogP) is 2.79. The highest BCUT2D eigenvalue weighted by Gasteiger charge is 2.15. The summed E-state index contributed by atoms with van der Waals surface area (Å²) < 4.78 is 4.94. The topological polar surface area (TPSA) is 26.3 Å². The molecule has 2 nitrogen and oxygen atoms in total. The Morgan fingerprint density at radius 1 is 1.54 bits per heavy atom. The Kier molecular flexibility index (Phi) is 4.74. The lowest BCUT2D eigenvalue weighted by Gasteiger charge is -2.22. The van der Waals surface area contributed by atoms with E-state index in [1.807, 2.05) is 0 Å².